The fourth-order valence-electron chi connectivity index (χ4n) is 1.09. The molecule has 0 saturated carbocycles. The SMILES string of the molecule is O=[N+]([O-])CCC(Br)c1ccc(F)c(F)c1. The van der Waals surface area contributed by atoms with Crippen LogP contribution in [-0.2, 0) is 0 Å². The Labute approximate surface area is 93.4 Å². The van der Waals surface area contributed by atoms with Gasteiger partial charge < -0.3 is 0 Å². The van der Waals surface area contributed by atoms with Crippen LogP contribution in [0, 0.1) is 21.7 Å². The van der Waals surface area contributed by atoms with Gasteiger partial charge in [0, 0.05) is 16.2 Å². The van der Waals surface area contributed by atoms with E-state index in [-0.39, 0.29) is 17.8 Å². The van der Waals surface area contributed by atoms with Gasteiger partial charge in [0.2, 0.25) is 6.54 Å². The highest BCUT2D eigenvalue weighted by Crippen LogP contribution is 2.27. The Balaban J connectivity index is 2.69. The lowest BCUT2D eigenvalue weighted by molar-refractivity contribution is -0.480. The average molecular weight is 280 g/mol. The third-order valence-corrected chi connectivity index (χ3v) is 2.86. The summed E-state index contributed by atoms with van der Waals surface area (Å²) in [7, 11) is 0. The van der Waals surface area contributed by atoms with E-state index in [1.165, 1.54) is 6.07 Å². The van der Waals surface area contributed by atoms with Gasteiger partial charge in [-0.3, -0.25) is 10.1 Å². The van der Waals surface area contributed by atoms with Gasteiger partial charge in [-0.25, -0.2) is 8.78 Å². The zero-order valence-electron chi connectivity index (χ0n) is 7.62. The molecule has 0 saturated heterocycles. The maximum Gasteiger partial charge on any atom is 0.205 e. The minimum atomic E-state index is -0.946. The van der Waals surface area contributed by atoms with Crippen molar-refractivity contribution in [3.8, 4) is 0 Å². The Hall–Kier alpha value is -1.04. The van der Waals surface area contributed by atoms with Crippen molar-refractivity contribution in [3.05, 3.63) is 45.5 Å². The van der Waals surface area contributed by atoms with E-state index in [4.69, 9.17) is 0 Å². The monoisotopic (exact) mass is 279 g/mol. The van der Waals surface area contributed by atoms with Crippen molar-refractivity contribution < 1.29 is 13.7 Å². The summed E-state index contributed by atoms with van der Waals surface area (Å²) < 4.78 is 25.4. The first kappa shape index (κ1) is 12.0. The molecule has 82 valence electrons. The van der Waals surface area contributed by atoms with Crippen molar-refractivity contribution in [1.29, 1.82) is 0 Å². The van der Waals surface area contributed by atoms with Crippen molar-refractivity contribution in [3.63, 3.8) is 0 Å². The van der Waals surface area contributed by atoms with E-state index >= 15 is 0 Å². The molecule has 0 spiro atoms. The van der Waals surface area contributed by atoms with E-state index < -0.39 is 16.6 Å². The van der Waals surface area contributed by atoms with Gasteiger partial charge in [0.1, 0.15) is 0 Å². The molecule has 0 amide bonds. The van der Waals surface area contributed by atoms with Crippen LogP contribution in [0.3, 0.4) is 0 Å². The van der Waals surface area contributed by atoms with Gasteiger partial charge >= 0.3 is 0 Å². The van der Waals surface area contributed by atoms with Crippen LogP contribution in [0.15, 0.2) is 18.2 Å². The van der Waals surface area contributed by atoms with Crippen molar-refractivity contribution in [2.24, 2.45) is 0 Å². The van der Waals surface area contributed by atoms with Crippen LogP contribution in [0.2, 0.25) is 0 Å². The molecule has 1 unspecified atom stereocenters. The number of nitrogens with zero attached hydrogens (tertiary/aromatic N) is 1. The highest BCUT2D eigenvalue weighted by Gasteiger charge is 2.13. The predicted octanol–water partition coefficient (Wildman–Crippen LogP) is 3.07. The highest BCUT2D eigenvalue weighted by molar-refractivity contribution is 9.09. The molecule has 6 heteroatoms. The number of alkyl halides is 1. The molecule has 1 rings (SSSR count). The average Bonchev–Trinajstić information content (AvgIpc) is 2.18. The topological polar surface area (TPSA) is 43.1 Å². The Kier molecular flexibility index (Phi) is 4.14. The maximum absolute atomic E-state index is 12.8. The Morgan fingerprint density at radius 3 is 2.60 bits per heavy atom. The molecule has 0 aliphatic rings. The summed E-state index contributed by atoms with van der Waals surface area (Å²) in [5.74, 6) is -1.87. The first-order valence-electron chi connectivity index (χ1n) is 4.21. The van der Waals surface area contributed by atoms with Gasteiger partial charge in [-0.05, 0) is 17.7 Å². The lowest BCUT2D eigenvalue weighted by atomic mass is 10.1. The molecule has 15 heavy (non-hydrogen) atoms. The lowest BCUT2D eigenvalue weighted by Gasteiger charge is -2.07. The van der Waals surface area contributed by atoms with Crippen molar-refractivity contribution in [1.82, 2.24) is 0 Å². The predicted molar refractivity (Wildman–Crippen MR) is 54.5 cm³/mol. The summed E-state index contributed by atoms with van der Waals surface area (Å²) >= 11 is 3.18. The molecule has 0 aliphatic heterocycles. The van der Waals surface area contributed by atoms with Crippen LogP contribution in [0.25, 0.3) is 0 Å². The van der Waals surface area contributed by atoms with Crippen LogP contribution in [-0.4, -0.2) is 11.5 Å². The summed E-state index contributed by atoms with van der Waals surface area (Å²) in [5.41, 5.74) is 0.496. The zero-order chi connectivity index (χ0) is 11.4. The molecule has 0 fully saturated rings. The standard InChI is InChI=1S/C9H8BrF2NO2/c10-7(3-4-13(14)15)6-1-2-8(11)9(12)5-6/h1-2,5,7H,3-4H2. The number of nitro groups is 1. The maximum atomic E-state index is 12.8. The van der Waals surface area contributed by atoms with Crippen LogP contribution in [0.4, 0.5) is 8.78 Å². The molecule has 0 radical (unpaired) electrons. The second kappa shape index (κ2) is 5.16. The Bertz CT molecular complexity index is 373. The number of benzene rings is 1. The van der Waals surface area contributed by atoms with Gasteiger partial charge in [-0.15, -0.1) is 0 Å². The number of halogens is 3. The quantitative estimate of drug-likeness (QED) is 0.483. The molecule has 0 bridgehead atoms. The van der Waals surface area contributed by atoms with E-state index in [9.17, 15) is 18.9 Å². The highest BCUT2D eigenvalue weighted by atomic mass is 79.9. The first-order chi connectivity index (χ1) is 7.00. The third kappa shape index (κ3) is 3.54. The number of rotatable bonds is 4. The molecule has 1 aromatic carbocycles. The fraction of sp³-hybridized carbons (Fsp3) is 0.333. The normalized spacial score (nSPS) is 12.5. The van der Waals surface area contributed by atoms with Crippen LogP contribution in [0.5, 0.6) is 0 Å². The van der Waals surface area contributed by atoms with E-state index in [1.807, 2.05) is 0 Å². The minimum Gasteiger partial charge on any atom is -0.265 e. The minimum absolute atomic E-state index is 0.213. The second-order valence-electron chi connectivity index (χ2n) is 2.99. The molecule has 0 heterocycles. The summed E-state index contributed by atoms with van der Waals surface area (Å²) in [5, 5.41) is 10.1. The summed E-state index contributed by atoms with van der Waals surface area (Å²) in [6.45, 7) is -0.213. The van der Waals surface area contributed by atoms with Crippen LogP contribution in [0.1, 0.15) is 16.8 Å². The zero-order valence-corrected chi connectivity index (χ0v) is 9.21. The van der Waals surface area contributed by atoms with E-state index in [0.717, 1.165) is 12.1 Å². The van der Waals surface area contributed by atoms with Gasteiger partial charge in [0.25, 0.3) is 0 Å². The van der Waals surface area contributed by atoms with Gasteiger partial charge in [-0.2, -0.15) is 0 Å². The smallest absolute Gasteiger partial charge is 0.205 e. The van der Waals surface area contributed by atoms with Crippen molar-refractivity contribution >= 4 is 15.9 Å². The Morgan fingerprint density at radius 2 is 2.07 bits per heavy atom. The third-order valence-electron chi connectivity index (χ3n) is 1.87. The molecule has 3 nitrogen and oxygen atoms in total. The van der Waals surface area contributed by atoms with Gasteiger partial charge in [0.05, 0.1) is 0 Å². The molecule has 0 N–H and O–H groups in total. The van der Waals surface area contributed by atoms with Crippen LogP contribution < -0.4 is 0 Å². The molecular weight excluding hydrogens is 272 g/mol. The summed E-state index contributed by atoms with van der Waals surface area (Å²) in [6.07, 6.45) is 0.234. The van der Waals surface area contributed by atoms with E-state index in [0.29, 0.717) is 5.56 Å². The number of hydrogen-bond acceptors (Lipinski definition) is 2. The van der Waals surface area contributed by atoms with Gasteiger partial charge in [-0.1, -0.05) is 22.0 Å². The van der Waals surface area contributed by atoms with Crippen molar-refractivity contribution in [2.45, 2.75) is 11.2 Å². The molecule has 0 aliphatic carbocycles. The Morgan fingerprint density at radius 1 is 1.40 bits per heavy atom. The summed E-state index contributed by atoms with van der Waals surface area (Å²) in [6, 6.07) is 3.44. The summed E-state index contributed by atoms with van der Waals surface area (Å²) in [4.78, 5) is 9.32. The van der Waals surface area contributed by atoms with E-state index in [1.54, 1.807) is 0 Å². The second-order valence-corrected chi connectivity index (χ2v) is 4.09. The molecule has 0 aromatic heterocycles. The first-order valence-corrected chi connectivity index (χ1v) is 5.13. The van der Waals surface area contributed by atoms with Gasteiger partial charge in [0.15, 0.2) is 11.6 Å². The van der Waals surface area contributed by atoms with Crippen molar-refractivity contribution in [2.75, 3.05) is 6.54 Å². The molecule has 1 aromatic rings. The fourth-order valence-corrected chi connectivity index (χ4v) is 1.58. The molecular formula is C9H8BrF2NO2. The largest absolute Gasteiger partial charge is 0.265 e. The lowest BCUT2D eigenvalue weighted by Crippen LogP contribution is -2.04. The van der Waals surface area contributed by atoms with E-state index in [2.05, 4.69) is 15.9 Å². The number of hydrogen-bond donors (Lipinski definition) is 0. The van der Waals surface area contributed by atoms with Crippen LogP contribution >= 0.6 is 15.9 Å². The molecule has 1 atom stereocenters.